The Balaban J connectivity index is 2.24. The van der Waals surface area contributed by atoms with Gasteiger partial charge in [-0.05, 0) is 18.7 Å². The second-order valence-electron chi connectivity index (χ2n) is 3.05. The summed E-state index contributed by atoms with van der Waals surface area (Å²) in [5.41, 5.74) is 0.952. The Labute approximate surface area is 75.9 Å². The standard InChI is InChI=1S/C7H10ClN3O/c1-5-7(12)11-4-10(8)3-6(11)2-9-5/h2,5,9H,3-4H2,1H3. The summed E-state index contributed by atoms with van der Waals surface area (Å²) in [6.07, 6.45) is 1.86. The maximum atomic E-state index is 11.5. The number of hydrogen-bond donors (Lipinski definition) is 1. The molecular formula is C7H10ClN3O. The normalized spacial score (nSPS) is 29.8. The first-order valence-electron chi connectivity index (χ1n) is 3.85. The van der Waals surface area contributed by atoms with Crippen molar-refractivity contribution in [2.45, 2.75) is 13.0 Å². The summed E-state index contributed by atoms with van der Waals surface area (Å²) in [6.45, 7) is 2.97. The van der Waals surface area contributed by atoms with Crippen molar-refractivity contribution in [3.63, 3.8) is 0 Å². The molecule has 0 spiro atoms. The number of halogens is 1. The highest BCUT2D eigenvalue weighted by Crippen LogP contribution is 2.21. The van der Waals surface area contributed by atoms with E-state index in [1.54, 1.807) is 9.32 Å². The van der Waals surface area contributed by atoms with E-state index >= 15 is 0 Å². The van der Waals surface area contributed by atoms with E-state index in [1.165, 1.54) is 0 Å². The lowest BCUT2D eigenvalue weighted by molar-refractivity contribution is -0.131. The monoisotopic (exact) mass is 187 g/mol. The third-order valence-electron chi connectivity index (χ3n) is 2.11. The van der Waals surface area contributed by atoms with Crippen LogP contribution in [-0.2, 0) is 4.79 Å². The van der Waals surface area contributed by atoms with Crippen LogP contribution in [0.2, 0.25) is 0 Å². The van der Waals surface area contributed by atoms with E-state index in [2.05, 4.69) is 5.32 Å². The predicted octanol–water partition coefficient (Wildman–Crippen LogP) is 0.0750. The molecule has 2 rings (SSSR count). The highest BCUT2D eigenvalue weighted by atomic mass is 35.5. The van der Waals surface area contributed by atoms with Gasteiger partial charge in [0.15, 0.2) is 0 Å². The predicted molar refractivity (Wildman–Crippen MR) is 45.0 cm³/mol. The van der Waals surface area contributed by atoms with Gasteiger partial charge < -0.3 is 5.32 Å². The fourth-order valence-corrected chi connectivity index (χ4v) is 1.65. The first-order chi connectivity index (χ1) is 5.68. The van der Waals surface area contributed by atoms with Crippen LogP contribution in [0, 0.1) is 0 Å². The topological polar surface area (TPSA) is 35.6 Å². The molecule has 1 amide bonds. The Hall–Kier alpha value is -0.740. The van der Waals surface area contributed by atoms with Crippen LogP contribution in [0.25, 0.3) is 0 Å². The number of nitrogens with zero attached hydrogens (tertiary/aromatic N) is 2. The van der Waals surface area contributed by atoms with Crippen molar-refractivity contribution in [2.24, 2.45) is 0 Å². The van der Waals surface area contributed by atoms with Gasteiger partial charge in [-0.1, -0.05) is 0 Å². The summed E-state index contributed by atoms with van der Waals surface area (Å²) in [5, 5.41) is 2.99. The Morgan fingerprint density at radius 3 is 3.25 bits per heavy atom. The average molecular weight is 188 g/mol. The lowest BCUT2D eigenvalue weighted by atomic mass is 10.2. The summed E-state index contributed by atoms with van der Waals surface area (Å²) in [7, 11) is 0. The van der Waals surface area contributed by atoms with Crippen molar-refractivity contribution in [2.75, 3.05) is 13.2 Å². The minimum absolute atomic E-state index is 0.0932. The van der Waals surface area contributed by atoms with Crippen LogP contribution in [0.3, 0.4) is 0 Å². The van der Waals surface area contributed by atoms with Crippen molar-refractivity contribution >= 4 is 17.7 Å². The van der Waals surface area contributed by atoms with Crippen LogP contribution in [-0.4, -0.2) is 34.5 Å². The second kappa shape index (κ2) is 2.64. The number of amides is 1. The SMILES string of the molecule is CC1NC=C2CN(Cl)CN2C1=O. The van der Waals surface area contributed by atoms with Crippen molar-refractivity contribution in [1.29, 1.82) is 0 Å². The zero-order valence-corrected chi connectivity index (χ0v) is 7.51. The largest absolute Gasteiger partial charge is 0.378 e. The molecule has 1 atom stereocenters. The molecule has 5 heteroatoms. The Kier molecular flexibility index (Phi) is 1.73. The zero-order valence-electron chi connectivity index (χ0n) is 6.75. The number of carbonyl (C=O) groups excluding carboxylic acids is 1. The van der Waals surface area contributed by atoms with E-state index in [-0.39, 0.29) is 11.9 Å². The maximum Gasteiger partial charge on any atom is 0.250 e. The Morgan fingerprint density at radius 2 is 2.50 bits per heavy atom. The van der Waals surface area contributed by atoms with Gasteiger partial charge in [0.25, 0.3) is 0 Å². The fraction of sp³-hybridized carbons (Fsp3) is 0.571. The minimum atomic E-state index is -0.128. The van der Waals surface area contributed by atoms with Gasteiger partial charge in [0.05, 0.1) is 18.9 Å². The van der Waals surface area contributed by atoms with Gasteiger partial charge in [-0.15, -0.1) is 0 Å². The number of fused-ring (bicyclic) bond motifs is 1. The molecule has 2 aliphatic rings. The van der Waals surface area contributed by atoms with Gasteiger partial charge in [-0.3, -0.25) is 9.69 Å². The molecule has 0 aliphatic carbocycles. The third kappa shape index (κ3) is 1.07. The lowest BCUT2D eigenvalue weighted by Gasteiger charge is -2.26. The Bertz CT molecular complexity index is 253. The maximum absolute atomic E-state index is 11.5. The fourth-order valence-electron chi connectivity index (χ4n) is 1.42. The quantitative estimate of drug-likeness (QED) is 0.546. The summed E-state index contributed by atoms with van der Waals surface area (Å²) < 4.78 is 1.59. The molecule has 0 saturated carbocycles. The van der Waals surface area contributed by atoms with E-state index in [9.17, 15) is 4.79 Å². The van der Waals surface area contributed by atoms with Crippen molar-refractivity contribution in [1.82, 2.24) is 14.6 Å². The van der Waals surface area contributed by atoms with Crippen LogP contribution >= 0.6 is 11.8 Å². The summed E-state index contributed by atoms with van der Waals surface area (Å²) >= 11 is 5.77. The van der Waals surface area contributed by atoms with Crippen molar-refractivity contribution in [3.8, 4) is 0 Å². The summed E-state index contributed by atoms with van der Waals surface area (Å²) in [4.78, 5) is 13.2. The molecule has 1 N–H and O–H groups in total. The molecule has 1 unspecified atom stereocenters. The first-order valence-corrected chi connectivity index (χ1v) is 4.19. The van der Waals surface area contributed by atoms with Crippen LogP contribution in [0.4, 0.5) is 0 Å². The second-order valence-corrected chi connectivity index (χ2v) is 3.53. The van der Waals surface area contributed by atoms with E-state index in [0.29, 0.717) is 13.2 Å². The average Bonchev–Trinajstić information content (AvgIpc) is 2.39. The molecule has 12 heavy (non-hydrogen) atoms. The summed E-state index contributed by atoms with van der Waals surface area (Å²) in [5.74, 6) is 0.0932. The van der Waals surface area contributed by atoms with Crippen molar-refractivity contribution < 1.29 is 4.79 Å². The lowest BCUT2D eigenvalue weighted by Crippen LogP contribution is -2.45. The highest BCUT2D eigenvalue weighted by Gasteiger charge is 2.33. The van der Waals surface area contributed by atoms with E-state index in [0.717, 1.165) is 5.70 Å². The number of carbonyl (C=O) groups is 1. The molecule has 1 fully saturated rings. The van der Waals surface area contributed by atoms with Crippen LogP contribution in [0.1, 0.15) is 6.92 Å². The van der Waals surface area contributed by atoms with Crippen molar-refractivity contribution in [3.05, 3.63) is 11.9 Å². The molecule has 0 bridgehead atoms. The smallest absolute Gasteiger partial charge is 0.250 e. The molecule has 66 valence electrons. The van der Waals surface area contributed by atoms with Crippen LogP contribution in [0.15, 0.2) is 11.9 Å². The first kappa shape index (κ1) is 7.89. The molecule has 1 saturated heterocycles. The van der Waals surface area contributed by atoms with E-state index in [1.807, 2.05) is 13.1 Å². The van der Waals surface area contributed by atoms with Gasteiger partial charge in [0.2, 0.25) is 5.91 Å². The number of nitrogens with one attached hydrogen (secondary N) is 1. The molecule has 2 heterocycles. The highest BCUT2D eigenvalue weighted by molar-refractivity contribution is 6.13. The zero-order chi connectivity index (χ0) is 8.72. The third-order valence-corrected chi connectivity index (χ3v) is 2.34. The van der Waals surface area contributed by atoms with Gasteiger partial charge in [0.1, 0.15) is 6.04 Å². The van der Waals surface area contributed by atoms with Crippen LogP contribution < -0.4 is 5.32 Å². The number of hydrogen-bond acceptors (Lipinski definition) is 3. The Morgan fingerprint density at radius 1 is 1.75 bits per heavy atom. The van der Waals surface area contributed by atoms with Gasteiger partial charge in [-0.2, -0.15) is 4.42 Å². The van der Waals surface area contributed by atoms with Gasteiger partial charge >= 0.3 is 0 Å². The number of rotatable bonds is 0. The minimum Gasteiger partial charge on any atom is -0.378 e. The molecule has 4 nitrogen and oxygen atoms in total. The van der Waals surface area contributed by atoms with Crippen LogP contribution in [0.5, 0.6) is 0 Å². The molecular weight excluding hydrogens is 178 g/mol. The summed E-state index contributed by atoms with van der Waals surface area (Å²) in [6, 6.07) is -0.128. The molecule has 2 aliphatic heterocycles. The van der Waals surface area contributed by atoms with Gasteiger partial charge in [0, 0.05) is 6.20 Å². The molecule has 0 aromatic carbocycles. The van der Waals surface area contributed by atoms with E-state index in [4.69, 9.17) is 11.8 Å². The van der Waals surface area contributed by atoms with Gasteiger partial charge in [-0.25, -0.2) is 0 Å². The molecule has 0 aromatic heterocycles. The van der Waals surface area contributed by atoms with E-state index < -0.39 is 0 Å². The molecule has 0 aromatic rings. The molecule has 0 radical (unpaired) electrons.